The SMILES string of the molecule is O=[C]NCc1cccc(OC(F)(F)C(F)(F)F)c1. The third-order valence-corrected chi connectivity index (χ3v) is 1.84. The molecule has 8 heteroatoms. The van der Waals surface area contributed by atoms with Crippen molar-refractivity contribution in [1.29, 1.82) is 0 Å². The standard InChI is InChI=1S/C10H7F5NO2/c11-9(12,13)10(14,15)18-8-3-1-2-7(4-8)5-16-6-17/h1-4H,5H2,(H,16,17). The zero-order valence-corrected chi connectivity index (χ0v) is 8.72. The van der Waals surface area contributed by atoms with Gasteiger partial charge in [0.1, 0.15) is 5.75 Å². The van der Waals surface area contributed by atoms with Crippen molar-refractivity contribution in [1.82, 2.24) is 5.32 Å². The van der Waals surface area contributed by atoms with E-state index >= 15 is 0 Å². The second-order valence-corrected chi connectivity index (χ2v) is 3.22. The summed E-state index contributed by atoms with van der Waals surface area (Å²) in [7, 11) is 0. The van der Waals surface area contributed by atoms with Crippen LogP contribution in [0.15, 0.2) is 24.3 Å². The Morgan fingerprint density at radius 3 is 2.44 bits per heavy atom. The van der Waals surface area contributed by atoms with Crippen LogP contribution in [-0.2, 0) is 11.3 Å². The zero-order valence-electron chi connectivity index (χ0n) is 8.72. The molecule has 0 saturated carbocycles. The van der Waals surface area contributed by atoms with Gasteiger partial charge in [0.15, 0.2) is 0 Å². The number of benzene rings is 1. The third kappa shape index (κ3) is 3.57. The molecule has 1 aromatic carbocycles. The highest BCUT2D eigenvalue weighted by molar-refractivity contribution is 5.47. The molecule has 99 valence electrons. The fraction of sp³-hybridized carbons (Fsp3) is 0.300. The Hall–Kier alpha value is -1.86. The Labute approximate surface area is 98.5 Å². The highest BCUT2D eigenvalue weighted by atomic mass is 19.4. The van der Waals surface area contributed by atoms with Crippen molar-refractivity contribution in [3.05, 3.63) is 29.8 Å². The molecule has 0 aliphatic rings. The van der Waals surface area contributed by atoms with Crippen LogP contribution in [0.4, 0.5) is 22.0 Å². The Morgan fingerprint density at radius 2 is 1.89 bits per heavy atom. The number of carbonyl (C=O) groups excluding carboxylic acids is 1. The lowest BCUT2D eigenvalue weighted by Gasteiger charge is -2.20. The van der Waals surface area contributed by atoms with Crippen molar-refractivity contribution in [2.75, 3.05) is 0 Å². The predicted molar refractivity (Wildman–Crippen MR) is 50.6 cm³/mol. The average Bonchev–Trinajstić information content (AvgIpc) is 2.24. The molecule has 1 amide bonds. The lowest BCUT2D eigenvalue weighted by molar-refractivity contribution is -0.360. The van der Waals surface area contributed by atoms with Gasteiger partial charge in [-0.1, -0.05) is 12.1 Å². The molecule has 0 spiro atoms. The first kappa shape index (κ1) is 14.2. The largest absolute Gasteiger partial charge is 0.499 e. The number of amides is 1. The van der Waals surface area contributed by atoms with Crippen LogP contribution in [0.1, 0.15) is 5.56 Å². The Morgan fingerprint density at radius 1 is 1.22 bits per heavy atom. The second-order valence-electron chi connectivity index (χ2n) is 3.22. The first-order chi connectivity index (χ1) is 8.26. The summed E-state index contributed by atoms with van der Waals surface area (Å²) in [6.07, 6.45) is -9.72. The van der Waals surface area contributed by atoms with Crippen molar-refractivity contribution >= 4 is 6.41 Å². The lowest BCUT2D eigenvalue weighted by Crippen LogP contribution is -2.41. The van der Waals surface area contributed by atoms with Gasteiger partial charge in [-0.2, -0.15) is 22.0 Å². The maximum absolute atomic E-state index is 12.6. The van der Waals surface area contributed by atoms with E-state index in [9.17, 15) is 26.7 Å². The van der Waals surface area contributed by atoms with Gasteiger partial charge in [-0.15, -0.1) is 0 Å². The summed E-state index contributed by atoms with van der Waals surface area (Å²) >= 11 is 0. The monoisotopic (exact) mass is 268 g/mol. The topological polar surface area (TPSA) is 38.3 Å². The van der Waals surface area contributed by atoms with Gasteiger partial charge in [-0.25, -0.2) is 0 Å². The van der Waals surface area contributed by atoms with E-state index in [0.29, 0.717) is 5.56 Å². The number of ether oxygens (including phenoxy) is 1. The summed E-state index contributed by atoms with van der Waals surface area (Å²) in [5.74, 6) is -0.650. The normalized spacial score (nSPS) is 12.1. The Kier molecular flexibility index (Phi) is 4.10. The molecule has 0 bridgehead atoms. The molecule has 0 saturated heterocycles. The highest BCUT2D eigenvalue weighted by Gasteiger charge is 2.61. The van der Waals surface area contributed by atoms with Crippen molar-refractivity contribution in [2.45, 2.75) is 18.8 Å². The number of hydrogen-bond acceptors (Lipinski definition) is 2. The van der Waals surface area contributed by atoms with Gasteiger partial charge in [-0.05, 0) is 17.7 Å². The van der Waals surface area contributed by atoms with E-state index in [2.05, 4.69) is 10.1 Å². The molecule has 1 aromatic rings. The van der Waals surface area contributed by atoms with E-state index in [1.165, 1.54) is 18.5 Å². The predicted octanol–water partition coefficient (Wildman–Crippen LogP) is 2.38. The van der Waals surface area contributed by atoms with Crippen molar-refractivity contribution in [3.8, 4) is 5.75 Å². The summed E-state index contributed by atoms with van der Waals surface area (Å²) in [5.41, 5.74) is 0.300. The molecule has 0 heterocycles. The Bertz CT molecular complexity index is 419. The van der Waals surface area contributed by atoms with Gasteiger partial charge in [0.25, 0.3) is 0 Å². The van der Waals surface area contributed by atoms with E-state index in [1.54, 1.807) is 0 Å². The number of rotatable bonds is 5. The minimum atomic E-state index is -5.79. The molecular formula is C10H7F5NO2. The van der Waals surface area contributed by atoms with E-state index in [1.807, 2.05) is 0 Å². The van der Waals surface area contributed by atoms with Gasteiger partial charge in [0, 0.05) is 6.54 Å². The zero-order chi connectivity index (χ0) is 13.8. The van der Waals surface area contributed by atoms with E-state index < -0.39 is 18.0 Å². The molecule has 0 aliphatic heterocycles. The third-order valence-electron chi connectivity index (χ3n) is 1.84. The van der Waals surface area contributed by atoms with Gasteiger partial charge in [0.2, 0.25) is 0 Å². The first-order valence-corrected chi connectivity index (χ1v) is 4.59. The summed E-state index contributed by atoms with van der Waals surface area (Å²) in [5, 5.41) is 2.11. The van der Waals surface area contributed by atoms with E-state index in [4.69, 9.17) is 0 Å². The fourth-order valence-corrected chi connectivity index (χ4v) is 1.06. The van der Waals surface area contributed by atoms with Crippen molar-refractivity contribution in [3.63, 3.8) is 0 Å². The number of alkyl halides is 5. The number of hydrogen-bond donors (Lipinski definition) is 1. The summed E-state index contributed by atoms with van der Waals surface area (Å²) in [6.45, 7) is -0.0573. The van der Waals surface area contributed by atoms with E-state index in [-0.39, 0.29) is 6.54 Å². The minimum Gasteiger partial charge on any atom is -0.426 e. The maximum atomic E-state index is 12.6. The number of nitrogens with one attached hydrogen (secondary N) is 1. The molecule has 1 radical (unpaired) electrons. The van der Waals surface area contributed by atoms with Crippen LogP contribution in [0.2, 0.25) is 0 Å². The molecule has 1 N–H and O–H groups in total. The first-order valence-electron chi connectivity index (χ1n) is 4.59. The molecule has 0 atom stereocenters. The summed E-state index contributed by atoms with van der Waals surface area (Å²) < 4.78 is 64.4. The van der Waals surface area contributed by atoms with Crippen LogP contribution >= 0.6 is 0 Å². The molecular weight excluding hydrogens is 261 g/mol. The van der Waals surface area contributed by atoms with Crippen LogP contribution in [0.5, 0.6) is 5.75 Å². The van der Waals surface area contributed by atoms with Crippen LogP contribution in [0.3, 0.4) is 0 Å². The van der Waals surface area contributed by atoms with Crippen molar-refractivity contribution < 1.29 is 31.5 Å². The van der Waals surface area contributed by atoms with Gasteiger partial charge in [-0.3, -0.25) is 4.79 Å². The van der Waals surface area contributed by atoms with Crippen LogP contribution in [0.25, 0.3) is 0 Å². The average molecular weight is 268 g/mol. The molecule has 1 rings (SSSR count). The van der Waals surface area contributed by atoms with E-state index in [0.717, 1.165) is 12.1 Å². The molecule has 0 fully saturated rings. The molecule has 3 nitrogen and oxygen atoms in total. The van der Waals surface area contributed by atoms with Crippen LogP contribution in [0, 0.1) is 0 Å². The molecule has 18 heavy (non-hydrogen) atoms. The van der Waals surface area contributed by atoms with Crippen LogP contribution in [-0.4, -0.2) is 18.7 Å². The smallest absolute Gasteiger partial charge is 0.426 e. The summed E-state index contributed by atoms with van der Waals surface area (Å²) in [4.78, 5) is 9.89. The molecule has 0 aromatic heterocycles. The fourth-order valence-electron chi connectivity index (χ4n) is 1.06. The Balaban J connectivity index is 2.82. The quantitative estimate of drug-likeness (QED) is 0.657. The highest BCUT2D eigenvalue weighted by Crippen LogP contribution is 2.37. The molecule has 0 aliphatic carbocycles. The second kappa shape index (κ2) is 5.19. The summed E-state index contributed by atoms with van der Waals surface area (Å²) in [6, 6.07) is 4.56. The van der Waals surface area contributed by atoms with Gasteiger partial charge < -0.3 is 10.1 Å². The van der Waals surface area contributed by atoms with Crippen molar-refractivity contribution in [2.24, 2.45) is 0 Å². The van der Waals surface area contributed by atoms with Crippen LogP contribution < -0.4 is 10.1 Å². The maximum Gasteiger partial charge on any atom is 0.499 e. The molecule has 0 unspecified atom stereocenters. The minimum absolute atomic E-state index is 0.0573. The lowest BCUT2D eigenvalue weighted by atomic mass is 10.2. The van der Waals surface area contributed by atoms with Gasteiger partial charge >= 0.3 is 18.7 Å². The number of halogens is 5. The van der Waals surface area contributed by atoms with Gasteiger partial charge in [0.05, 0.1) is 0 Å².